The summed E-state index contributed by atoms with van der Waals surface area (Å²) in [5, 5.41) is 3.41. The maximum absolute atomic E-state index is 12.2. The van der Waals surface area contributed by atoms with E-state index in [9.17, 15) is 4.79 Å². The van der Waals surface area contributed by atoms with Gasteiger partial charge in [-0.1, -0.05) is 26.2 Å². The van der Waals surface area contributed by atoms with E-state index >= 15 is 0 Å². The first-order valence-electron chi connectivity index (χ1n) is 6.84. The summed E-state index contributed by atoms with van der Waals surface area (Å²) < 4.78 is 5.04. The molecule has 17 heavy (non-hydrogen) atoms. The molecule has 100 valence electrons. The van der Waals surface area contributed by atoms with Crippen molar-refractivity contribution in [2.45, 2.75) is 57.4 Å². The SMILES string of the molecule is CNC1(CC(=O)C(C)CCOC)CCCCC1. The molecule has 0 heterocycles. The summed E-state index contributed by atoms with van der Waals surface area (Å²) in [6, 6.07) is 0. The van der Waals surface area contributed by atoms with Gasteiger partial charge < -0.3 is 10.1 Å². The fraction of sp³-hybridized carbons (Fsp3) is 0.929. The highest BCUT2D eigenvalue weighted by Gasteiger charge is 2.33. The van der Waals surface area contributed by atoms with E-state index in [0.29, 0.717) is 18.8 Å². The molecule has 1 unspecified atom stereocenters. The van der Waals surface area contributed by atoms with E-state index in [1.165, 1.54) is 19.3 Å². The highest BCUT2D eigenvalue weighted by molar-refractivity contribution is 5.81. The molecule has 0 radical (unpaired) electrons. The molecule has 0 aromatic rings. The molecule has 1 N–H and O–H groups in total. The van der Waals surface area contributed by atoms with Gasteiger partial charge >= 0.3 is 0 Å². The largest absolute Gasteiger partial charge is 0.385 e. The Morgan fingerprint density at radius 1 is 1.35 bits per heavy atom. The van der Waals surface area contributed by atoms with Gasteiger partial charge in [0.05, 0.1) is 0 Å². The van der Waals surface area contributed by atoms with Crippen molar-refractivity contribution in [2.24, 2.45) is 5.92 Å². The lowest BCUT2D eigenvalue weighted by Crippen LogP contribution is -2.47. The van der Waals surface area contributed by atoms with Gasteiger partial charge in [-0.25, -0.2) is 0 Å². The molecular weight excluding hydrogens is 214 g/mol. The van der Waals surface area contributed by atoms with Crippen LogP contribution in [-0.4, -0.2) is 32.1 Å². The van der Waals surface area contributed by atoms with Gasteiger partial charge in [-0.2, -0.15) is 0 Å². The third-order valence-electron chi connectivity index (χ3n) is 4.16. The fourth-order valence-corrected chi connectivity index (χ4v) is 2.71. The van der Waals surface area contributed by atoms with E-state index < -0.39 is 0 Å². The van der Waals surface area contributed by atoms with Crippen LogP contribution in [0.1, 0.15) is 51.9 Å². The first-order chi connectivity index (χ1) is 8.13. The zero-order valence-corrected chi connectivity index (χ0v) is 11.6. The van der Waals surface area contributed by atoms with Gasteiger partial charge in [0.25, 0.3) is 0 Å². The molecule has 1 aliphatic carbocycles. The van der Waals surface area contributed by atoms with E-state index in [0.717, 1.165) is 19.3 Å². The number of hydrogen-bond donors (Lipinski definition) is 1. The van der Waals surface area contributed by atoms with Gasteiger partial charge in [-0.15, -0.1) is 0 Å². The number of methoxy groups -OCH3 is 1. The Labute approximate surface area is 105 Å². The molecule has 1 aliphatic rings. The Bertz CT molecular complexity index is 234. The maximum Gasteiger partial charge on any atom is 0.137 e. The van der Waals surface area contributed by atoms with Gasteiger partial charge in [0, 0.05) is 31.6 Å². The van der Waals surface area contributed by atoms with Crippen molar-refractivity contribution in [2.75, 3.05) is 20.8 Å². The Morgan fingerprint density at radius 2 is 2.00 bits per heavy atom. The fourth-order valence-electron chi connectivity index (χ4n) is 2.71. The lowest BCUT2D eigenvalue weighted by Gasteiger charge is -2.37. The van der Waals surface area contributed by atoms with Crippen molar-refractivity contribution in [1.29, 1.82) is 0 Å². The summed E-state index contributed by atoms with van der Waals surface area (Å²) in [5.74, 6) is 0.514. The van der Waals surface area contributed by atoms with Crippen LogP contribution in [0.25, 0.3) is 0 Å². The number of carbonyl (C=O) groups excluding carboxylic acids is 1. The highest BCUT2D eigenvalue weighted by atomic mass is 16.5. The topological polar surface area (TPSA) is 38.3 Å². The van der Waals surface area contributed by atoms with Crippen LogP contribution in [-0.2, 0) is 9.53 Å². The van der Waals surface area contributed by atoms with Crippen LogP contribution >= 0.6 is 0 Å². The van der Waals surface area contributed by atoms with E-state index in [2.05, 4.69) is 5.32 Å². The molecule has 1 saturated carbocycles. The molecule has 0 bridgehead atoms. The summed E-state index contributed by atoms with van der Waals surface area (Å²) >= 11 is 0. The summed E-state index contributed by atoms with van der Waals surface area (Å²) in [6.07, 6.45) is 7.64. The summed E-state index contributed by atoms with van der Waals surface area (Å²) in [6.45, 7) is 2.70. The Morgan fingerprint density at radius 3 is 2.53 bits per heavy atom. The third-order valence-corrected chi connectivity index (χ3v) is 4.16. The molecule has 1 atom stereocenters. The average molecular weight is 241 g/mol. The van der Waals surface area contributed by atoms with Crippen molar-refractivity contribution in [3.8, 4) is 0 Å². The normalized spacial score (nSPS) is 21.1. The Balaban J connectivity index is 2.46. The van der Waals surface area contributed by atoms with Crippen molar-refractivity contribution < 1.29 is 9.53 Å². The maximum atomic E-state index is 12.2. The monoisotopic (exact) mass is 241 g/mol. The third kappa shape index (κ3) is 4.40. The standard InChI is InChI=1S/C14H27NO2/c1-12(7-10-17-3)13(16)11-14(15-2)8-5-4-6-9-14/h12,15H,4-11H2,1-3H3. The Hall–Kier alpha value is -0.410. The van der Waals surface area contributed by atoms with Crippen LogP contribution in [0, 0.1) is 5.92 Å². The van der Waals surface area contributed by atoms with Gasteiger partial charge in [0.1, 0.15) is 5.78 Å². The smallest absolute Gasteiger partial charge is 0.137 e. The van der Waals surface area contributed by atoms with E-state index in [4.69, 9.17) is 4.74 Å². The van der Waals surface area contributed by atoms with Gasteiger partial charge in [-0.05, 0) is 26.3 Å². The molecule has 0 spiro atoms. The molecule has 0 aliphatic heterocycles. The minimum absolute atomic E-state index is 0.0800. The van der Waals surface area contributed by atoms with Crippen LogP contribution in [0.3, 0.4) is 0 Å². The number of ether oxygens (including phenoxy) is 1. The number of nitrogens with one attached hydrogen (secondary N) is 1. The zero-order chi connectivity index (χ0) is 12.7. The number of carbonyl (C=O) groups is 1. The van der Waals surface area contributed by atoms with Crippen LogP contribution in [0.5, 0.6) is 0 Å². The molecule has 1 fully saturated rings. The second kappa shape index (κ2) is 7.12. The molecule has 3 heteroatoms. The molecule has 3 nitrogen and oxygen atoms in total. The van der Waals surface area contributed by atoms with Crippen molar-refractivity contribution in [1.82, 2.24) is 5.32 Å². The van der Waals surface area contributed by atoms with Gasteiger partial charge in [-0.3, -0.25) is 4.79 Å². The first kappa shape index (κ1) is 14.7. The van der Waals surface area contributed by atoms with Crippen molar-refractivity contribution in [3.05, 3.63) is 0 Å². The molecule has 0 amide bonds. The summed E-state index contributed by atoms with van der Waals surface area (Å²) in [5.41, 5.74) is 0.0800. The quantitative estimate of drug-likeness (QED) is 0.744. The number of Topliss-reactive ketones (excluding diaryl/α,β-unsaturated/α-hetero) is 1. The van der Waals surface area contributed by atoms with Crippen molar-refractivity contribution in [3.63, 3.8) is 0 Å². The summed E-state index contributed by atoms with van der Waals surface area (Å²) in [4.78, 5) is 12.2. The Kier molecular flexibility index (Phi) is 6.14. The van der Waals surface area contributed by atoms with Crippen LogP contribution in [0.15, 0.2) is 0 Å². The number of ketones is 1. The molecule has 0 aromatic carbocycles. The predicted molar refractivity (Wildman–Crippen MR) is 70.2 cm³/mol. The summed E-state index contributed by atoms with van der Waals surface area (Å²) in [7, 11) is 3.69. The minimum atomic E-state index is 0.0800. The van der Waals surface area contributed by atoms with Crippen LogP contribution in [0.4, 0.5) is 0 Å². The zero-order valence-electron chi connectivity index (χ0n) is 11.6. The molecule has 0 aromatic heterocycles. The van der Waals surface area contributed by atoms with Crippen molar-refractivity contribution >= 4 is 5.78 Å². The first-order valence-corrected chi connectivity index (χ1v) is 6.84. The second-order valence-corrected chi connectivity index (χ2v) is 5.42. The van der Waals surface area contributed by atoms with Crippen LogP contribution < -0.4 is 5.32 Å². The van der Waals surface area contributed by atoms with Gasteiger partial charge in [0.2, 0.25) is 0 Å². The number of rotatable bonds is 7. The average Bonchev–Trinajstić information content (AvgIpc) is 2.36. The predicted octanol–water partition coefficient (Wildman–Crippen LogP) is 2.54. The highest BCUT2D eigenvalue weighted by Crippen LogP contribution is 2.32. The van der Waals surface area contributed by atoms with Crippen LogP contribution in [0.2, 0.25) is 0 Å². The molecule has 0 saturated heterocycles. The van der Waals surface area contributed by atoms with Gasteiger partial charge in [0.15, 0.2) is 0 Å². The van der Waals surface area contributed by atoms with E-state index in [1.807, 2.05) is 14.0 Å². The lowest BCUT2D eigenvalue weighted by atomic mass is 9.76. The minimum Gasteiger partial charge on any atom is -0.385 e. The van der Waals surface area contributed by atoms with E-state index in [1.54, 1.807) is 7.11 Å². The molecular formula is C14H27NO2. The number of hydrogen-bond acceptors (Lipinski definition) is 3. The van der Waals surface area contributed by atoms with E-state index in [-0.39, 0.29) is 11.5 Å². The lowest BCUT2D eigenvalue weighted by molar-refractivity contribution is -0.124. The molecule has 1 rings (SSSR count). The second-order valence-electron chi connectivity index (χ2n) is 5.42.